The standard InChI is InChI=1S/C12H8F3N3O4S/c13-12(14,15)23(19,20)22-9-7-2-5-16-6-8(7)21-10(9)11-17-3-1-4-18-11/h1-6,9-10H. The van der Waals surface area contributed by atoms with E-state index >= 15 is 0 Å². The molecule has 0 saturated carbocycles. The van der Waals surface area contributed by atoms with Gasteiger partial charge in [0, 0.05) is 24.2 Å². The van der Waals surface area contributed by atoms with Crippen molar-refractivity contribution in [3.63, 3.8) is 0 Å². The minimum Gasteiger partial charge on any atom is -0.477 e. The smallest absolute Gasteiger partial charge is 0.477 e. The molecule has 2 aromatic rings. The molecule has 0 amide bonds. The Hall–Kier alpha value is -2.27. The molecule has 0 spiro atoms. The molecule has 3 heterocycles. The summed E-state index contributed by atoms with van der Waals surface area (Å²) in [5, 5.41) is 0. The number of aromatic nitrogens is 3. The molecule has 1 aliphatic heterocycles. The Morgan fingerprint density at radius 1 is 1.17 bits per heavy atom. The summed E-state index contributed by atoms with van der Waals surface area (Å²) in [5.41, 5.74) is -5.43. The maximum atomic E-state index is 12.6. The van der Waals surface area contributed by atoms with Crippen molar-refractivity contribution in [1.29, 1.82) is 0 Å². The first kappa shape index (κ1) is 15.6. The molecule has 0 aliphatic carbocycles. The Morgan fingerprint density at radius 2 is 1.87 bits per heavy atom. The number of hydrogen-bond acceptors (Lipinski definition) is 7. The van der Waals surface area contributed by atoms with Crippen molar-refractivity contribution >= 4 is 10.1 Å². The van der Waals surface area contributed by atoms with Gasteiger partial charge in [-0.05, 0) is 12.1 Å². The van der Waals surface area contributed by atoms with Gasteiger partial charge in [0.1, 0.15) is 5.75 Å². The Morgan fingerprint density at radius 3 is 2.52 bits per heavy atom. The maximum absolute atomic E-state index is 12.6. The fourth-order valence-electron chi connectivity index (χ4n) is 2.02. The van der Waals surface area contributed by atoms with Crippen LogP contribution in [-0.2, 0) is 14.3 Å². The van der Waals surface area contributed by atoms with Crippen LogP contribution in [0, 0.1) is 0 Å². The molecule has 11 heteroatoms. The molecular weight excluding hydrogens is 339 g/mol. The lowest BCUT2D eigenvalue weighted by Gasteiger charge is -2.18. The van der Waals surface area contributed by atoms with Crippen LogP contribution in [0.4, 0.5) is 13.2 Å². The molecule has 0 fully saturated rings. The van der Waals surface area contributed by atoms with Crippen LogP contribution in [0.15, 0.2) is 36.9 Å². The van der Waals surface area contributed by atoms with Crippen LogP contribution >= 0.6 is 0 Å². The van der Waals surface area contributed by atoms with E-state index in [2.05, 4.69) is 19.1 Å². The van der Waals surface area contributed by atoms with Crippen LogP contribution in [-0.4, -0.2) is 28.9 Å². The molecule has 1 aliphatic rings. The second kappa shape index (κ2) is 5.42. The predicted octanol–water partition coefficient (Wildman–Crippen LogP) is 1.91. The number of pyridine rings is 1. The SMILES string of the molecule is O=S(=O)(OC1c2ccncc2OC1c1ncccn1)C(F)(F)F. The number of fused-ring (bicyclic) bond motifs is 1. The van der Waals surface area contributed by atoms with Crippen molar-refractivity contribution in [1.82, 2.24) is 15.0 Å². The Bertz CT molecular complexity index is 814. The van der Waals surface area contributed by atoms with Crippen molar-refractivity contribution in [2.24, 2.45) is 0 Å². The third-order valence-corrected chi connectivity index (χ3v) is 4.03. The van der Waals surface area contributed by atoms with Crippen molar-refractivity contribution in [2.75, 3.05) is 0 Å². The van der Waals surface area contributed by atoms with Gasteiger partial charge in [-0.1, -0.05) is 0 Å². The second-order valence-corrected chi connectivity index (χ2v) is 6.04. The molecule has 122 valence electrons. The van der Waals surface area contributed by atoms with E-state index in [-0.39, 0.29) is 17.1 Å². The zero-order chi connectivity index (χ0) is 16.7. The number of ether oxygens (including phenoxy) is 1. The van der Waals surface area contributed by atoms with Crippen LogP contribution in [0.1, 0.15) is 23.6 Å². The zero-order valence-corrected chi connectivity index (χ0v) is 12.0. The van der Waals surface area contributed by atoms with E-state index in [4.69, 9.17) is 4.74 Å². The Labute approximate surface area is 128 Å². The number of alkyl halides is 3. The van der Waals surface area contributed by atoms with Crippen LogP contribution < -0.4 is 4.74 Å². The van der Waals surface area contributed by atoms with Gasteiger partial charge in [-0.2, -0.15) is 21.6 Å². The van der Waals surface area contributed by atoms with Crippen molar-refractivity contribution in [3.8, 4) is 5.75 Å². The molecular formula is C12H8F3N3O4S. The summed E-state index contributed by atoms with van der Waals surface area (Å²) < 4.78 is 70.2. The van der Waals surface area contributed by atoms with E-state index in [0.717, 1.165) is 0 Å². The quantitative estimate of drug-likeness (QED) is 0.619. The summed E-state index contributed by atoms with van der Waals surface area (Å²) in [4.78, 5) is 11.5. The fraction of sp³-hybridized carbons (Fsp3) is 0.250. The van der Waals surface area contributed by atoms with Gasteiger partial charge in [0.15, 0.2) is 18.0 Å². The van der Waals surface area contributed by atoms with Gasteiger partial charge in [0.2, 0.25) is 0 Å². The van der Waals surface area contributed by atoms with Crippen LogP contribution in [0.3, 0.4) is 0 Å². The Kier molecular flexibility index (Phi) is 3.68. The molecule has 2 unspecified atom stereocenters. The average molecular weight is 347 g/mol. The molecule has 3 rings (SSSR count). The minimum absolute atomic E-state index is 0.00826. The van der Waals surface area contributed by atoms with Gasteiger partial charge in [-0.15, -0.1) is 0 Å². The molecule has 0 N–H and O–H groups in total. The molecule has 0 saturated heterocycles. The van der Waals surface area contributed by atoms with Gasteiger partial charge >= 0.3 is 15.6 Å². The lowest BCUT2D eigenvalue weighted by Crippen LogP contribution is -2.29. The van der Waals surface area contributed by atoms with Gasteiger partial charge in [0.05, 0.1) is 6.20 Å². The van der Waals surface area contributed by atoms with Gasteiger partial charge in [-0.25, -0.2) is 9.97 Å². The molecule has 0 radical (unpaired) electrons. The van der Waals surface area contributed by atoms with E-state index in [1.165, 1.54) is 36.9 Å². The molecule has 23 heavy (non-hydrogen) atoms. The number of hydrogen-bond donors (Lipinski definition) is 0. The summed E-state index contributed by atoms with van der Waals surface area (Å²) >= 11 is 0. The molecule has 0 bridgehead atoms. The summed E-state index contributed by atoms with van der Waals surface area (Å²) in [6.07, 6.45) is 2.42. The normalized spacial score (nSPS) is 20.8. The molecule has 7 nitrogen and oxygen atoms in total. The lowest BCUT2D eigenvalue weighted by atomic mass is 10.1. The van der Waals surface area contributed by atoms with E-state index in [0.29, 0.717) is 0 Å². The van der Waals surface area contributed by atoms with E-state index in [1.54, 1.807) is 0 Å². The monoisotopic (exact) mass is 347 g/mol. The largest absolute Gasteiger partial charge is 0.523 e. The maximum Gasteiger partial charge on any atom is 0.523 e. The van der Waals surface area contributed by atoms with Crippen LogP contribution in [0.25, 0.3) is 0 Å². The number of nitrogens with zero attached hydrogens (tertiary/aromatic N) is 3. The summed E-state index contributed by atoms with van der Waals surface area (Å²) in [5.74, 6) is 0.0957. The summed E-state index contributed by atoms with van der Waals surface area (Å²) in [6.45, 7) is 0. The minimum atomic E-state index is -5.82. The fourth-order valence-corrected chi connectivity index (χ4v) is 2.61. The lowest BCUT2D eigenvalue weighted by molar-refractivity contribution is -0.0608. The zero-order valence-electron chi connectivity index (χ0n) is 11.1. The van der Waals surface area contributed by atoms with Crippen molar-refractivity contribution < 1.29 is 30.5 Å². The third-order valence-electron chi connectivity index (χ3n) is 3.01. The molecule has 0 aromatic carbocycles. The van der Waals surface area contributed by atoms with Crippen molar-refractivity contribution in [3.05, 3.63) is 48.3 Å². The van der Waals surface area contributed by atoms with E-state index < -0.39 is 27.8 Å². The highest BCUT2D eigenvalue weighted by atomic mass is 32.2. The third kappa shape index (κ3) is 2.84. The first-order valence-corrected chi connectivity index (χ1v) is 7.57. The topological polar surface area (TPSA) is 91.3 Å². The van der Waals surface area contributed by atoms with Gasteiger partial charge in [0.25, 0.3) is 0 Å². The number of halogens is 3. The van der Waals surface area contributed by atoms with E-state index in [1.807, 2.05) is 0 Å². The first-order chi connectivity index (χ1) is 10.8. The highest BCUT2D eigenvalue weighted by Gasteiger charge is 2.52. The van der Waals surface area contributed by atoms with E-state index in [9.17, 15) is 21.6 Å². The second-order valence-electron chi connectivity index (χ2n) is 4.48. The average Bonchev–Trinajstić information content (AvgIpc) is 2.85. The highest BCUT2D eigenvalue weighted by Crippen LogP contribution is 2.47. The van der Waals surface area contributed by atoms with Gasteiger partial charge < -0.3 is 4.74 Å². The van der Waals surface area contributed by atoms with Gasteiger partial charge in [-0.3, -0.25) is 9.17 Å². The number of rotatable bonds is 3. The van der Waals surface area contributed by atoms with Crippen LogP contribution in [0.5, 0.6) is 5.75 Å². The highest BCUT2D eigenvalue weighted by molar-refractivity contribution is 7.87. The van der Waals surface area contributed by atoms with Crippen LogP contribution in [0.2, 0.25) is 0 Å². The summed E-state index contributed by atoms with van der Waals surface area (Å²) in [6, 6.07) is 2.81. The Balaban J connectivity index is 2.02. The molecule has 2 aromatic heterocycles. The summed E-state index contributed by atoms with van der Waals surface area (Å²) in [7, 11) is -5.82. The predicted molar refractivity (Wildman–Crippen MR) is 68.4 cm³/mol. The molecule has 2 atom stereocenters. The van der Waals surface area contributed by atoms with Crippen molar-refractivity contribution in [2.45, 2.75) is 17.7 Å². The first-order valence-electron chi connectivity index (χ1n) is 6.16.